The minimum atomic E-state index is 1.04. The van der Waals surface area contributed by atoms with E-state index in [1.54, 1.807) is 0 Å². The molecule has 0 saturated heterocycles. The molecule has 0 atom stereocenters. The molecule has 0 aliphatic heterocycles. The number of benzene rings is 2. The molecule has 0 nitrogen and oxygen atoms in total. The van der Waals surface area contributed by atoms with Gasteiger partial charge in [-0.05, 0) is 41.2 Å². The predicted octanol–water partition coefficient (Wildman–Crippen LogP) is 4.19. The summed E-state index contributed by atoms with van der Waals surface area (Å²) < 4.78 is 0. The molecule has 0 heterocycles. The quantitative estimate of drug-likeness (QED) is 0.594. The fourth-order valence-corrected chi connectivity index (χ4v) is 2.52. The molecule has 0 heteroatoms. The first-order chi connectivity index (χ1) is 8.83. The molecule has 0 aromatic heterocycles. The molecule has 88 valence electrons. The lowest BCUT2D eigenvalue weighted by Crippen LogP contribution is -2.01. The maximum atomic E-state index is 3.19. The zero-order valence-electron chi connectivity index (χ0n) is 10.9. The van der Waals surface area contributed by atoms with Gasteiger partial charge in [0, 0.05) is 11.1 Å². The lowest BCUT2D eigenvalue weighted by molar-refractivity contribution is 1.12. The highest BCUT2D eigenvalue weighted by atomic mass is 14.2. The van der Waals surface area contributed by atoms with Crippen molar-refractivity contribution in [2.24, 2.45) is 0 Å². The standard InChI is InChI=1S/C18H16/c1-3-13-5-7-14(8-6-13)17-11-9-15-10-12-18(15)16(17)4-2/h5-9,11H,3-4H2,1-2H3. The summed E-state index contributed by atoms with van der Waals surface area (Å²) in [6.45, 7) is 4.40. The Balaban J connectivity index is 2.10. The molecule has 1 aliphatic carbocycles. The van der Waals surface area contributed by atoms with E-state index in [2.05, 4.69) is 62.1 Å². The summed E-state index contributed by atoms with van der Waals surface area (Å²) in [6, 6.07) is 13.3. The van der Waals surface area contributed by atoms with Gasteiger partial charge in [0.25, 0.3) is 0 Å². The largest absolute Gasteiger partial charge is 0.0613 e. The molecule has 0 spiro atoms. The third kappa shape index (κ3) is 1.64. The van der Waals surface area contributed by atoms with Gasteiger partial charge >= 0.3 is 0 Å². The molecule has 0 bridgehead atoms. The van der Waals surface area contributed by atoms with Crippen molar-refractivity contribution in [3.8, 4) is 23.0 Å². The van der Waals surface area contributed by atoms with Crippen LogP contribution in [-0.4, -0.2) is 0 Å². The van der Waals surface area contributed by atoms with E-state index < -0.39 is 0 Å². The zero-order chi connectivity index (χ0) is 12.5. The normalized spacial score (nSPS) is 11.2. The van der Waals surface area contributed by atoms with Crippen molar-refractivity contribution in [2.45, 2.75) is 26.7 Å². The molecule has 2 aromatic rings. The lowest BCUT2D eigenvalue weighted by Gasteiger charge is -2.16. The maximum Gasteiger partial charge on any atom is 0.0443 e. The van der Waals surface area contributed by atoms with Crippen LogP contribution in [0, 0.1) is 11.8 Å². The third-order valence-electron chi connectivity index (χ3n) is 3.66. The van der Waals surface area contributed by atoms with Crippen LogP contribution in [0.3, 0.4) is 0 Å². The topological polar surface area (TPSA) is 0 Å². The highest BCUT2D eigenvalue weighted by Crippen LogP contribution is 2.31. The molecule has 0 fully saturated rings. The Morgan fingerprint density at radius 3 is 2.17 bits per heavy atom. The van der Waals surface area contributed by atoms with E-state index in [0.29, 0.717) is 0 Å². The van der Waals surface area contributed by atoms with E-state index in [1.165, 1.54) is 33.4 Å². The molecule has 3 rings (SSSR count). The first-order valence-electron chi connectivity index (χ1n) is 6.60. The van der Waals surface area contributed by atoms with E-state index in [0.717, 1.165) is 12.8 Å². The van der Waals surface area contributed by atoms with E-state index in [4.69, 9.17) is 0 Å². The van der Waals surface area contributed by atoms with Crippen molar-refractivity contribution in [1.29, 1.82) is 0 Å². The molecular weight excluding hydrogens is 216 g/mol. The summed E-state index contributed by atoms with van der Waals surface area (Å²) >= 11 is 0. The Morgan fingerprint density at radius 1 is 0.833 bits per heavy atom. The molecule has 0 radical (unpaired) electrons. The summed E-state index contributed by atoms with van der Waals surface area (Å²) in [7, 11) is 0. The van der Waals surface area contributed by atoms with Gasteiger partial charge in [-0.3, -0.25) is 0 Å². The van der Waals surface area contributed by atoms with Crippen LogP contribution < -0.4 is 0 Å². The number of fused-ring (bicyclic) bond motifs is 1. The Morgan fingerprint density at radius 2 is 1.61 bits per heavy atom. The highest BCUT2D eigenvalue weighted by Gasteiger charge is 2.14. The first kappa shape index (κ1) is 11.1. The van der Waals surface area contributed by atoms with Gasteiger partial charge in [0.05, 0.1) is 0 Å². The van der Waals surface area contributed by atoms with Crippen molar-refractivity contribution in [2.75, 3.05) is 0 Å². The molecule has 1 aliphatic rings. The molecule has 0 unspecified atom stereocenters. The number of hydrogen-bond acceptors (Lipinski definition) is 0. The Kier molecular flexibility index (Phi) is 2.68. The van der Waals surface area contributed by atoms with Crippen LogP contribution in [0.15, 0.2) is 36.4 Å². The van der Waals surface area contributed by atoms with Gasteiger partial charge < -0.3 is 0 Å². The minimum Gasteiger partial charge on any atom is -0.0613 e. The second kappa shape index (κ2) is 4.35. The van der Waals surface area contributed by atoms with Gasteiger partial charge in [-0.1, -0.05) is 56.0 Å². The van der Waals surface area contributed by atoms with Crippen LogP contribution in [0.1, 0.15) is 36.1 Å². The van der Waals surface area contributed by atoms with Gasteiger partial charge in [0.15, 0.2) is 0 Å². The van der Waals surface area contributed by atoms with Crippen LogP contribution in [0.4, 0.5) is 0 Å². The first-order valence-corrected chi connectivity index (χ1v) is 6.60. The van der Waals surface area contributed by atoms with Crippen LogP contribution in [0.5, 0.6) is 0 Å². The van der Waals surface area contributed by atoms with E-state index in [9.17, 15) is 0 Å². The van der Waals surface area contributed by atoms with Crippen molar-refractivity contribution >= 4 is 0 Å². The third-order valence-corrected chi connectivity index (χ3v) is 3.66. The van der Waals surface area contributed by atoms with Crippen LogP contribution in [0.25, 0.3) is 11.1 Å². The fraction of sp³-hybridized carbons (Fsp3) is 0.222. The average Bonchev–Trinajstić information content (AvgIpc) is 2.39. The number of hydrogen-bond donors (Lipinski definition) is 0. The number of rotatable bonds is 3. The lowest BCUT2D eigenvalue weighted by atomic mass is 9.87. The second-order valence-corrected chi connectivity index (χ2v) is 4.67. The van der Waals surface area contributed by atoms with Crippen LogP contribution in [0.2, 0.25) is 0 Å². The van der Waals surface area contributed by atoms with Crippen molar-refractivity contribution in [3.63, 3.8) is 0 Å². The van der Waals surface area contributed by atoms with Gasteiger partial charge in [0.2, 0.25) is 0 Å². The highest BCUT2D eigenvalue weighted by molar-refractivity contribution is 5.76. The molecular formula is C18H16. The second-order valence-electron chi connectivity index (χ2n) is 4.67. The van der Waals surface area contributed by atoms with Gasteiger partial charge in [-0.25, -0.2) is 0 Å². The Labute approximate surface area is 109 Å². The summed E-state index contributed by atoms with van der Waals surface area (Å²) in [5.74, 6) is 6.30. The van der Waals surface area contributed by atoms with Crippen LogP contribution >= 0.6 is 0 Å². The van der Waals surface area contributed by atoms with Crippen molar-refractivity contribution in [3.05, 3.63) is 58.7 Å². The average molecular weight is 232 g/mol. The number of aryl methyl sites for hydroxylation is 1. The molecule has 18 heavy (non-hydrogen) atoms. The van der Waals surface area contributed by atoms with E-state index >= 15 is 0 Å². The Bertz CT molecular complexity index is 649. The summed E-state index contributed by atoms with van der Waals surface area (Å²) in [5.41, 5.74) is 7.90. The zero-order valence-corrected chi connectivity index (χ0v) is 10.9. The van der Waals surface area contributed by atoms with Crippen molar-refractivity contribution < 1.29 is 0 Å². The maximum absolute atomic E-state index is 3.19. The summed E-state index contributed by atoms with van der Waals surface area (Å²) in [6.07, 6.45) is 2.14. The van der Waals surface area contributed by atoms with Gasteiger partial charge in [-0.2, -0.15) is 0 Å². The minimum absolute atomic E-state index is 1.04. The molecule has 0 amide bonds. The monoisotopic (exact) mass is 232 g/mol. The van der Waals surface area contributed by atoms with E-state index in [1.807, 2.05) is 0 Å². The predicted molar refractivity (Wildman–Crippen MR) is 76.6 cm³/mol. The summed E-state index contributed by atoms with van der Waals surface area (Å²) in [5, 5.41) is 0. The Hall–Kier alpha value is -2.00. The van der Waals surface area contributed by atoms with Crippen LogP contribution in [-0.2, 0) is 12.8 Å². The van der Waals surface area contributed by atoms with Gasteiger partial charge in [-0.15, -0.1) is 0 Å². The smallest absolute Gasteiger partial charge is 0.0443 e. The summed E-state index contributed by atoms with van der Waals surface area (Å²) in [4.78, 5) is 0. The van der Waals surface area contributed by atoms with E-state index in [-0.39, 0.29) is 0 Å². The SMILES string of the molecule is CCc1ccc(-c2ccc3c(c2CC)C#C3)cc1. The fourth-order valence-electron chi connectivity index (χ4n) is 2.52. The van der Waals surface area contributed by atoms with Gasteiger partial charge in [0.1, 0.15) is 0 Å². The molecule has 0 N–H and O–H groups in total. The molecule has 0 saturated carbocycles. The molecule has 2 aromatic carbocycles. The van der Waals surface area contributed by atoms with Crippen molar-refractivity contribution in [1.82, 2.24) is 0 Å².